The summed E-state index contributed by atoms with van der Waals surface area (Å²) >= 11 is 0. The van der Waals surface area contributed by atoms with Crippen LogP contribution >= 0.6 is 0 Å². The monoisotopic (exact) mass is 1690 g/mol. The van der Waals surface area contributed by atoms with Crippen molar-refractivity contribution in [3.63, 3.8) is 0 Å². The maximum absolute atomic E-state index is 12.5. The molecule has 16 fully saturated rings. The topological polar surface area (TPSA) is 232 Å². The molecule has 2 N–H and O–H groups in total. The molecule has 1 saturated heterocycles. The summed E-state index contributed by atoms with van der Waals surface area (Å²) in [6, 6.07) is 0. The average Bonchev–Trinajstić information content (AvgIpc) is 1.07. The van der Waals surface area contributed by atoms with Gasteiger partial charge in [0.05, 0.1) is 31.7 Å². The van der Waals surface area contributed by atoms with Crippen LogP contribution in [-0.4, -0.2) is 96.1 Å². The average molecular weight is 1690 g/mol. The second-order valence-electron chi connectivity index (χ2n) is 48.9. The third-order valence-corrected chi connectivity index (χ3v) is 43.4. The number of allylic oxidation sites excluding steroid dienone is 4. The molecule has 16 nitrogen and oxygen atoms in total. The number of aliphatic hydroxyl groups is 2. The van der Waals surface area contributed by atoms with Gasteiger partial charge in [0.15, 0.2) is 0 Å². The maximum atomic E-state index is 12.5. The molecule has 2 aliphatic heterocycles. The Balaban J connectivity index is 0.000000145. The van der Waals surface area contributed by atoms with Crippen molar-refractivity contribution in [3.8, 4) is 0 Å². The molecule has 682 valence electrons. The van der Waals surface area contributed by atoms with Gasteiger partial charge >= 0.3 is 47.8 Å². The minimum atomic E-state index is -0.579. The fourth-order valence-corrected chi connectivity index (χ4v) is 37.0. The van der Waals surface area contributed by atoms with Crippen LogP contribution in [0.4, 0.5) is 0 Å². The van der Waals surface area contributed by atoms with Crippen LogP contribution in [0.5, 0.6) is 0 Å². The zero-order valence-electron chi connectivity index (χ0n) is 79.8. The molecule has 0 aromatic rings. The summed E-state index contributed by atoms with van der Waals surface area (Å²) in [5, 5.41) is 21.5. The molecule has 122 heavy (non-hydrogen) atoms. The van der Waals surface area contributed by atoms with Gasteiger partial charge in [0, 0.05) is 68.1 Å². The molecule has 30 atom stereocenters. The highest BCUT2D eigenvalue weighted by molar-refractivity contribution is 6.05. The van der Waals surface area contributed by atoms with Gasteiger partial charge in [-0.25, -0.2) is 9.59 Å². The van der Waals surface area contributed by atoms with Gasteiger partial charge in [-0.3, -0.25) is 28.8 Å². The van der Waals surface area contributed by atoms with Crippen LogP contribution in [0.2, 0.25) is 0 Å². The number of esters is 8. The number of carbonyl (C=O) groups is 8. The molecule has 17 aliphatic rings. The van der Waals surface area contributed by atoms with Crippen molar-refractivity contribution in [2.45, 2.75) is 376 Å². The summed E-state index contributed by atoms with van der Waals surface area (Å²) in [6.45, 7) is 61.0. The van der Waals surface area contributed by atoms with Crippen molar-refractivity contribution in [2.24, 2.45) is 170 Å². The number of aliphatic hydroxyl groups excluding tert-OH is 2. The molecule has 2 heterocycles. The highest BCUT2D eigenvalue weighted by Gasteiger charge is 2.76. The molecule has 0 radical (unpaired) electrons. The molecule has 0 spiro atoms. The Hall–Kier alpha value is -4.96. The van der Waals surface area contributed by atoms with Crippen LogP contribution in [0.25, 0.3) is 0 Å². The summed E-state index contributed by atoms with van der Waals surface area (Å²) < 4.78 is 32.4. The lowest BCUT2D eigenvalue weighted by Crippen LogP contribution is -2.67. The molecule has 15 aliphatic carbocycles. The molecule has 13 unspecified atom stereocenters. The number of ether oxygens (including phenoxy) is 6. The Kier molecular flexibility index (Phi) is 24.7. The van der Waals surface area contributed by atoms with Crippen LogP contribution in [-0.2, 0) is 66.8 Å². The molecule has 17 rings (SSSR count). The molecular formula is C106H162O16. The van der Waals surface area contributed by atoms with Gasteiger partial charge in [-0.1, -0.05) is 139 Å². The fourth-order valence-electron chi connectivity index (χ4n) is 37.0. The van der Waals surface area contributed by atoms with Crippen LogP contribution in [0.1, 0.15) is 358 Å². The quantitative estimate of drug-likeness (QED) is 0.0847. The van der Waals surface area contributed by atoms with Gasteiger partial charge in [-0.15, -0.1) is 0 Å². The third kappa shape index (κ3) is 14.4. The van der Waals surface area contributed by atoms with Gasteiger partial charge in [0.1, 0.15) is 12.2 Å². The first-order chi connectivity index (χ1) is 56.8. The van der Waals surface area contributed by atoms with E-state index in [2.05, 4.69) is 143 Å². The Labute approximate surface area is 734 Å². The lowest BCUT2D eigenvalue weighted by molar-refractivity contribution is -0.252. The van der Waals surface area contributed by atoms with E-state index in [1.54, 1.807) is 20.8 Å². The smallest absolute Gasteiger partial charge is 0.338 e. The Bertz CT molecular complexity index is 4180. The summed E-state index contributed by atoms with van der Waals surface area (Å²) in [5.74, 6) is 5.23. The summed E-state index contributed by atoms with van der Waals surface area (Å²) in [7, 11) is 0. The van der Waals surface area contributed by atoms with Crippen LogP contribution < -0.4 is 0 Å². The standard InChI is InChI=1S/C38H56O7.C34H54O4.C30H50O2.C4H2O3/c1-22(19-25-20-31(41)45-33(25)42)26-11-16-38(21-43-23(2)39)18-17-36(7)27(32(26)38)9-10-29-35(6)14-13-30(44-24(3)40)34(4,5)28(35)12-15-37(29,36)8;1-21(2)24-12-17-34(20-37-22(3)35)19-18-32(8)25(29(24)34)10-11-27-31(7)15-14-28(38-23(4)36)30(5,6)26(31)13-16-33(27,32)9;1-19(2)20-10-15-30(18-31)17-16-28(6)21(25(20)30)8-9-23-27(5)13-12-24(32)26(3,4)22(27)11-14-29(23,28)7;5-3-1-2-4(6)7-3/h25,27-30,32H,9-21H2,1-8H3;24-29H,1,10-20H2,2-9H3;20-25,31-32H,1,8-18H2,2-7H3;1-2H/b26-22+;;;/t25?,27?,28?,29?,30-,32?,35-,36+,37+,38+;24-,25?,26?,27?,28-,29?,31-,32+,33+,34+;20-,21?,22?,23?,24-,25?,27-,28+,29+,30+;/m000./s1. The predicted octanol–water partition coefficient (Wildman–Crippen LogP) is 22.5. The second-order valence-corrected chi connectivity index (χ2v) is 48.9. The lowest BCUT2D eigenvalue weighted by Gasteiger charge is -2.73. The zero-order chi connectivity index (χ0) is 89.2. The van der Waals surface area contributed by atoms with E-state index in [0.717, 1.165) is 94.6 Å². The fraction of sp³-hybridized carbons (Fsp3) is 0.849. The first kappa shape index (κ1) is 93.2. The van der Waals surface area contributed by atoms with Crippen molar-refractivity contribution >= 4 is 47.8 Å². The van der Waals surface area contributed by atoms with Crippen molar-refractivity contribution in [1.82, 2.24) is 0 Å². The van der Waals surface area contributed by atoms with Crippen molar-refractivity contribution in [2.75, 3.05) is 19.8 Å². The largest absolute Gasteiger partial charge is 0.465 e. The van der Waals surface area contributed by atoms with Gasteiger partial charge < -0.3 is 38.6 Å². The highest BCUT2D eigenvalue weighted by atomic mass is 16.6. The Morgan fingerprint density at radius 1 is 0.410 bits per heavy atom. The minimum absolute atomic E-state index is 0.00000109. The van der Waals surface area contributed by atoms with Gasteiger partial charge in [0.2, 0.25) is 0 Å². The number of rotatable bonds is 11. The van der Waals surface area contributed by atoms with Crippen molar-refractivity contribution < 1.29 is 77.0 Å². The molecule has 15 saturated carbocycles. The normalized spacial score (nSPS) is 48.2. The SMILES string of the molecule is C=C(C)[C@@H]1CC[C@]2(CO)CC[C@]3(C)C(CCC4[C@@]5(C)CC[C@H](O)C(C)(C)C5CC[C@]43C)C12.C=C(C)[C@@H]1CC[C@]2(COC(C)=O)CC[C@]3(C)C(CCC4[C@@]5(C)CC[C@H](OC(C)=O)C(C)(C)C5CC[C@]43C)C12.CC(=O)OC[C@]12CC/C(=C(/C)CC3CC(=O)OC3=O)C1C1CCC3[C@@]4(C)CC[C@H](OC(C)=O)C(C)(C)C4CC[C@@]3(C)[C@]1(C)CC2.O=C1C=CC(=O)O1. The summed E-state index contributed by atoms with van der Waals surface area (Å²) in [4.78, 5) is 92.2. The third-order valence-electron chi connectivity index (χ3n) is 43.4. The van der Waals surface area contributed by atoms with E-state index in [0.29, 0.717) is 119 Å². The molecule has 16 heteroatoms. The van der Waals surface area contributed by atoms with Gasteiger partial charge in [-0.05, 0) is 362 Å². The van der Waals surface area contributed by atoms with Crippen LogP contribution in [0, 0.1) is 170 Å². The maximum Gasteiger partial charge on any atom is 0.338 e. The molecule has 0 aromatic carbocycles. The van der Waals surface area contributed by atoms with Crippen molar-refractivity contribution in [1.29, 1.82) is 0 Å². The minimum Gasteiger partial charge on any atom is -0.465 e. The second kappa shape index (κ2) is 32.3. The summed E-state index contributed by atoms with van der Waals surface area (Å²) in [6.07, 6.45) is 38.0. The first-order valence-corrected chi connectivity index (χ1v) is 48.8. The first-order valence-electron chi connectivity index (χ1n) is 48.8. The predicted molar refractivity (Wildman–Crippen MR) is 473 cm³/mol. The number of hydrogen-bond donors (Lipinski definition) is 2. The van der Waals surface area contributed by atoms with E-state index < -0.39 is 23.8 Å². The molecular weight excluding hydrogens is 1530 g/mol. The number of fused-ring (bicyclic) bond motifs is 21. The molecule has 0 bridgehead atoms. The van der Waals surface area contributed by atoms with E-state index in [1.165, 1.54) is 151 Å². The number of cyclic esters (lactones) is 4. The number of carbonyl (C=O) groups excluding carboxylic acids is 8. The van der Waals surface area contributed by atoms with E-state index in [1.807, 2.05) is 0 Å². The zero-order valence-corrected chi connectivity index (χ0v) is 79.8. The van der Waals surface area contributed by atoms with E-state index in [-0.39, 0.29) is 114 Å². The lowest BCUT2D eigenvalue weighted by atomic mass is 9.32. The van der Waals surface area contributed by atoms with E-state index in [9.17, 15) is 48.6 Å². The molecule has 0 aromatic heterocycles. The molecule has 0 amide bonds. The number of hydrogen-bond acceptors (Lipinski definition) is 16. The van der Waals surface area contributed by atoms with Crippen molar-refractivity contribution in [3.05, 3.63) is 47.6 Å². The highest BCUT2D eigenvalue weighted by Crippen LogP contribution is 2.82. The Morgan fingerprint density at radius 2 is 0.803 bits per heavy atom. The van der Waals surface area contributed by atoms with E-state index >= 15 is 0 Å². The van der Waals surface area contributed by atoms with Crippen LogP contribution in [0.15, 0.2) is 47.6 Å². The van der Waals surface area contributed by atoms with E-state index in [4.69, 9.17) is 23.7 Å². The van der Waals surface area contributed by atoms with Gasteiger partial charge in [-0.2, -0.15) is 0 Å². The Morgan fingerprint density at radius 3 is 1.20 bits per heavy atom. The summed E-state index contributed by atoms with van der Waals surface area (Å²) in [5.41, 5.74) is 7.93. The van der Waals surface area contributed by atoms with Gasteiger partial charge in [0.25, 0.3) is 0 Å². The van der Waals surface area contributed by atoms with Crippen LogP contribution in [0.3, 0.4) is 0 Å².